The Hall–Kier alpha value is -1.18. The summed E-state index contributed by atoms with van der Waals surface area (Å²) in [5, 5.41) is 0. The van der Waals surface area contributed by atoms with Gasteiger partial charge in [-0.2, -0.15) is 0 Å². The van der Waals surface area contributed by atoms with Crippen LogP contribution in [0.25, 0.3) is 0 Å². The van der Waals surface area contributed by atoms with Crippen LogP contribution in [-0.2, 0) is 0 Å². The molecular formula is C12H18N2. The fraction of sp³-hybridized carbons (Fsp3) is 0.500. The summed E-state index contributed by atoms with van der Waals surface area (Å²) in [4.78, 5) is 2.41. The maximum absolute atomic E-state index is 6.02. The summed E-state index contributed by atoms with van der Waals surface area (Å²) in [6.45, 7) is 5.49. The Balaban J connectivity index is 2.31. The zero-order chi connectivity index (χ0) is 10.1. The van der Waals surface area contributed by atoms with Gasteiger partial charge >= 0.3 is 0 Å². The topological polar surface area (TPSA) is 29.3 Å². The SMILES string of the molecule is Cc1ccc(N2CCCC2C)c(N)c1. The molecule has 1 unspecified atom stereocenters. The van der Waals surface area contributed by atoms with Crippen molar-refractivity contribution in [1.82, 2.24) is 0 Å². The van der Waals surface area contributed by atoms with Gasteiger partial charge in [-0.1, -0.05) is 6.07 Å². The highest BCUT2D eigenvalue weighted by molar-refractivity contribution is 5.69. The van der Waals surface area contributed by atoms with Crippen molar-refractivity contribution in [3.05, 3.63) is 23.8 Å². The van der Waals surface area contributed by atoms with E-state index in [-0.39, 0.29) is 0 Å². The minimum atomic E-state index is 0.639. The van der Waals surface area contributed by atoms with Gasteiger partial charge in [0.2, 0.25) is 0 Å². The smallest absolute Gasteiger partial charge is 0.0602 e. The lowest BCUT2D eigenvalue weighted by Crippen LogP contribution is -2.27. The Morgan fingerprint density at radius 2 is 2.21 bits per heavy atom. The van der Waals surface area contributed by atoms with Gasteiger partial charge in [0.05, 0.1) is 11.4 Å². The van der Waals surface area contributed by atoms with Gasteiger partial charge in [0.15, 0.2) is 0 Å². The Kier molecular flexibility index (Phi) is 2.36. The molecule has 1 atom stereocenters. The monoisotopic (exact) mass is 190 g/mol. The summed E-state index contributed by atoms with van der Waals surface area (Å²) < 4.78 is 0. The lowest BCUT2D eigenvalue weighted by atomic mass is 10.1. The molecule has 0 saturated carbocycles. The van der Waals surface area contributed by atoms with Gasteiger partial charge in [-0.3, -0.25) is 0 Å². The second-order valence-electron chi connectivity index (χ2n) is 4.25. The van der Waals surface area contributed by atoms with Crippen LogP contribution in [-0.4, -0.2) is 12.6 Å². The molecule has 2 rings (SSSR count). The van der Waals surface area contributed by atoms with E-state index >= 15 is 0 Å². The van der Waals surface area contributed by atoms with Crippen molar-refractivity contribution in [1.29, 1.82) is 0 Å². The van der Waals surface area contributed by atoms with Crippen molar-refractivity contribution in [2.24, 2.45) is 0 Å². The molecule has 1 aliphatic heterocycles. The fourth-order valence-corrected chi connectivity index (χ4v) is 2.23. The maximum atomic E-state index is 6.02. The zero-order valence-electron chi connectivity index (χ0n) is 8.96. The van der Waals surface area contributed by atoms with Crippen molar-refractivity contribution in [2.45, 2.75) is 32.7 Å². The second kappa shape index (κ2) is 3.52. The van der Waals surface area contributed by atoms with Crippen LogP contribution in [0, 0.1) is 6.92 Å². The fourth-order valence-electron chi connectivity index (χ4n) is 2.23. The largest absolute Gasteiger partial charge is 0.397 e. The van der Waals surface area contributed by atoms with E-state index in [1.807, 2.05) is 0 Å². The molecule has 1 fully saturated rings. The van der Waals surface area contributed by atoms with Gasteiger partial charge < -0.3 is 10.6 Å². The number of hydrogen-bond donors (Lipinski definition) is 1. The third-order valence-corrected chi connectivity index (χ3v) is 3.05. The first kappa shape index (κ1) is 9.38. The van der Waals surface area contributed by atoms with Crippen LogP contribution in [0.5, 0.6) is 0 Å². The highest BCUT2D eigenvalue weighted by Gasteiger charge is 2.21. The lowest BCUT2D eigenvalue weighted by Gasteiger charge is -2.25. The molecule has 0 spiro atoms. The number of anilines is 2. The quantitative estimate of drug-likeness (QED) is 0.690. The zero-order valence-corrected chi connectivity index (χ0v) is 8.96. The van der Waals surface area contributed by atoms with Crippen LogP contribution in [0.4, 0.5) is 11.4 Å². The average Bonchev–Trinajstić information content (AvgIpc) is 2.52. The van der Waals surface area contributed by atoms with Gasteiger partial charge in [0.1, 0.15) is 0 Å². The molecule has 2 nitrogen and oxygen atoms in total. The number of nitrogens with zero attached hydrogens (tertiary/aromatic N) is 1. The molecule has 0 aliphatic carbocycles. The lowest BCUT2D eigenvalue weighted by molar-refractivity contribution is 0.736. The number of aryl methyl sites for hydroxylation is 1. The van der Waals surface area contributed by atoms with E-state index in [1.54, 1.807) is 0 Å². The first-order valence-electron chi connectivity index (χ1n) is 5.31. The van der Waals surface area contributed by atoms with Crippen molar-refractivity contribution < 1.29 is 0 Å². The Morgan fingerprint density at radius 3 is 2.79 bits per heavy atom. The molecule has 2 heteroatoms. The highest BCUT2D eigenvalue weighted by atomic mass is 15.2. The first-order chi connectivity index (χ1) is 6.68. The predicted octanol–water partition coefficient (Wildman–Crippen LogP) is 2.57. The molecule has 0 radical (unpaired) electrons. The van der Waals surface area contributed by atoms with Gasteiger partial charge in [0.25, 0.3) is 0 Å². The predicted molar refractivity (Wildman–Crippen MR) is 61.6 cm³/mol. The Labute approximate surface area is 85.7 Å². The molecule has 1 aromatic carbocycles. The second-order valence-corrected chi connectivity index (χ2v) is 4.25. The summed E-state index contributed by atoms with van der Waals surface area (Å²) in [7, 11) is 0. The molecule has 2 N–H and O–H groups in total. The molecule has 1 heterocycles. The van der Waals surface area contributed by atoms with E-state index in [9.17, 15) is 0 Å². The molecule has 0 bridgehead atoms. The molecule has 1 aliphatic rings. The number of hydrogen-bond acceptors (Lipinski definition) is 2. The first-order valence-corrected chi connectivity index (χ1v) is 5.31. The van der Waals surface area contributed by atoms with E-state index in [0.717, 1.165) is 12.2 Å². The van der Waals surface area contributed by atoms with Crippen LogP contribution in [0.3, 0.4) is 0 Å². The van der Waals surface area contributed by atoms with Gasteiger partial charge in [-0.25, -0.2) is 0 Å². The van der Waals surface area contributed by atoms with Crippen LogP contribution in [0.1, 0.15) is 25.3 Å². The van der Waals surface area contributed by atoms with Gasteiger partial charge in [-0.15, -0.1) is 0 Å². The van der Waals surface area contributed by atoms with Crippen molar-refractivity contribution in [3.8, 4) is 0 Å². The van der Waals surface area contributed by atoms with Crippen LogP contribution in [0.15, 0.2) is 18.2 Å². The number of nitrogens with two attached hydrogens (primary N) is 1. The molecule has 76 valence electrons. The van der Waals surface area contributed by atoms with Crippen LogP contribution >= 0.6 is 0 Å². The minimum absolute atomic E-state index is 0.639. The standard InChI is InChI=1S/C12H18N2/c1-9-5-6-12(11(13)8-9)14-7-3-4-10(14)2/h5-6,8,10H,3-4,7,13H2,1-2H3. The molecular weight excluding hydrogens is 172 g/mol. The molecule has 0 aromatic heterocycles. The molecule has 14 heavy (non-hydrogen) atoms. The van der Waals surface area contributed by atoms with E-state index in [0.29, 0.717) is 6.04 Å². The van der Waals surface area contributed by atoms with Gasteiger partial charge in [-0.05, 0) is 44.4 Å². The van der Waals surface area contributed by atoms with Crippen molar-refractivity contribution in [3.63, 3.8) is 0 Å². The highest BCUT2D eigenvalue weighted by Crippen LogP contribution is 2.30. The number of benzene rings is 1. The van der Waals surface area contributed by atoms with E-state index < -0.39 is 0 Å². The van der Waals surface area contributed by atoms with Crippen molar-refractivity contribution >= 4 is 11.4 Å². The molecule has 1 saturated heterocycles. The minimum Gasteiger partial charge on any atom is -0.397 e. The van der Waals surface area contributed by atoms with Crippen LogP contribution in [0.2, 0.25) is 0 Å². The number of rotatable bonds is 1. The van der Waals surface area contributed by atoms with E-state index in [1.165, 1.54) is 24.1 Å². The summed E-state index contributed by atoms with van der Waals surface area (Å²) in [6, 6.07) is 6.98. The summed E-state index contributed by atoms with van der Waals surface area (Å²) in [6.07, 6.45) is 2.57. The van der Waals surface area contributed by atoms with Crippen LogP contribution < -0.4 is 10.6 Å². The van der Waals surface area contributed by atoms with Crippen molar-refractivity contribution in [2.75, 3.05) is 17.2 Å². The average molecular weight is 190 g/mol. The van der Waals surface area contributed by atoms with E-state index in [2.05, 4.69) is 36.9 Å². The number of nitrogen functional groups attached to an aromatic ring is 1. The third-order valence-electron chi connectivity index (χ3n) is 3.05. The molecule has 1 aromatic rings. The Bertz CT molecular complexity index is 333. The summed E-state index contributed by atoms with van der Waals surface area (Å²) in [5.74, 6) is 0. The summed E-state index contributed by atoms with van der Waals surface area (Å²) in [5.41, 5.74) is 9.38. The molecule has 0 amide bonds. The Morgan fingerprint density at radius 1 is 1.43 bits per heavy atom. The maximum Gasteiger partial charge on any atom is 0.0602 e. The van der Waals surface area contributed by atoms with E-state index in [4.69, 9.17) is 5.73 Å². The summed E-state index contributed by atoms with van der Waals surface area (Å²) >= 11 is 0. The van der Waals surface area contributed by atoms with Gasteiger partial charge in [0, 0.05) is 12.6 Å². The third kappa shape index (κ3) is 1.57. The normalized spacial score (nSPS) is 21.6.